The summed E-state index contributed by atoms with van der Waals surface area (Å²) >= 11 is 0. The van der Waals surface area contributed by atoms with Gasteiger partial charge in [-0.2, -0.15) is 0 Å². The predicted octanol–water partition coefficient (Wildman–Crippen LogP) is -1.05. The Morgan fingerprint density at radius 2 is 1.89 bits per heavy atom. The van der Waals surface area contributed by atoms with Gasteiger partial charge in [0.1, 0.15) is 24.2 Å². The molecule has 194 valence electrons. The molecule has 0 bridgehead atoms. The molecule has 1 aromatic heterocycles. The molecule has 3 amide bonds. The van der Waals surface area contributed by atoms with Gasteiger partial charge in [-0.3, -0.25) is 14.4 Å². The van der Waals surface area contributed by atoms with E-state index in [0.717, 1.165) is 5.56 Å². The third-order valence-corrected chi connectivity index (χ3v) is 6.15. The normalized spacial score (nSPS) is 18.6. The van der Waals surface area contributed by atoms with Crippen LogP contribution in [0.1, 0.15) is 31.0 Å². The molecule has 0 spiro atoms. The van der Waals surface area contributed by atoms with E-state index in [-0.39, 0.29) is 19.4 Å². The highest BCUT2D eigenvalue weighted by Gasteiger charge is 2.39. The number of aliphatic hydroxyl groups excluding tert-OH is 1. The lowest BCUT2D eigenvalue weighted by Gasteiger charge is -2.30. The van der Waals surface area contributed by atoms with Crippen molar-refractivity contribution in [1.82, 2.24) is 25.5 Å². The highest BCUT2D eigenvalue weighted by Crippen LogP contribution is 2.20. The van der Waals surface area contributed by atoms with Crippen LogP contribution in [-0.4, -0.2) is 85.6 Å². The maximum Gasteiger partial charge on any atom is 0.326 e. The lowest BCUT2D eigenvalue weighted by atomic mass is 10.0. The zero-order chi connectivity index (χ0) is 26.2. The topological polar surface area (TPSA) is 191 Å². The SMILES string of the molecule is CC(O)C(N)C(=O)NC(Cc1ccccc1)C(=O)N1CCCC1C(=O)NC(Cc1cnc[nH]1)C(=O)O. The number of carboxylic acid groups (broad SMARTS) is 1. The van der Waals surface area contributed by atoms with E-state index < -0.39 is 54.0 Å². The van der Waals surface area contributed by atoms with Gasteiger partial charge in [0, 0.05) is 31.3 Å². The monoisotopic (exact) mass is 500 g/mol. The Bertz CT molecular complexity index is 1040. The average Bonchev–Trinajstić information content (AvgIpc) is 3.55. The molecular formula is C24H32N6O6. The Morgan fingerprint density at radius 1 is 1.17 bits per heavy atom. The molecule has 1 aliphatic rings. The largest absolute Gasteiger partial charge is 0.480 e. The highest BCUT2D eigenvalue weighted by molar-refractivity contribution is 5.94. The van der Waals surface area contributed by atoms with E-state index in [4.69, 9.17) is 5.73 Å². The number of amides is 3. The van der Waals surface area contributed by atoms with Crippen molar-refractivity contribution in [2.75, 3.05) is 6.54 Å². The van der Waals surface area contributed by atoms with E-state index in [2.05, 4.69) is 20.6 Å². The van der Waals surface area contributed by atoms with E-state index in [0.29, 0.717) is 18.5 Å². The van der Waals surface area contributed by atoms with E-state index >= 15 is 0 Å². The Hall–Kier alpha value is -3.77. The van der Waals surface area contributed by atoms with Crippen molar-refractivity contribution >= 4 is 23.7 Å². The first-order valence-corrected chi connectivity index (χ1v) is 11.8. The number of aromatic nitrogens is 2. The molecule has 1 saturated heterocycles. The number of hydrogen-bond acceptors (Lipinski definition) is 7. The third kappa shape index (κ3) is 6.89. The molecule has 1 fully saturated rings. The minimum absolute atomic E-state index is 0.00562. The molecule has 2 heterocycles. The van der Waals surface area contributed by atoms with Crippen molar-refractivity contribution in [1.29, 1.82) is 0 Å². The minimum atomic E-state index is -1.23. The maximum atomic E-state index is 13.6. The van der Waals surface area contributed by atoms with Crippen LogP contribution in [-0.2, 0) is 32.0 Å². The summed E-state index contributed by atoms with van der Waals surface area (Å²) < 4.78 is 0. The number of carboxylic acids is 1. The van der Waals surface area contributed by atoms with Gasteiger partial charge >= 0.3 is 5.97 Å². The minimum Gasteiger partial charge on any atom is -0.480 e. The van der Waals surface area contributed by atoms with Crippen molar-refractivity contribution in [3.63, 3.8) is 0 Å². The zero-order valence-electron chi connectivity index (χ0n) is 20.0. The fourth-order valence-electron chi connectivity index (χ4n) is 4.12. The van der Waals surface area contributed by atoms with Crippen molar-refractivity contribution in [3.8, 4) is 0 Å². The first kappa shape index (κ1) is 26.8. The summed E-state index contributed by atoms with van der Waals surface area (Å²) in [5.74, 6) is -2.97. The molecule has 1 aliphatic heterocycles. The van der Waals surface area contributed by atoms with Gasteiger partial charge in [0.15, 0.2) is 0 Å². The summed E-state index contributed by atoms with van der Waals surface area (Å²) in [7, 11) is 0. The zero-order valence-corrected chi connectivity index (χ0v) is 20.0. The van der Waals surface area contributed by atoms with Crippen LogP contribution in [0, 0.1) is 0 Å². The van der Waals surface area contributed by atoms with Gasteiger partial charge in [0.25, 0.3) is 0 Å². The highest BCUT2D eigenvalue weighted by atomic mass is 16.4. The standard InChI is InChI=1S/C24H32N6O6/c1-14(31)20(25)22(33)28-17(10-15-6-3-2-4-7-15)23(34)30-9-5-8-19(30)21(32)29-18(24(35)36)11-16-12-26-13-27-16/h2-4,6-7,12-14,17-20,31H,5,8-11,25H2,1H3,(H,26,27)(H,28,33)(H,29,32)(H,35,36). The number of aliphatic hydroxyl groups is 1. The molecule has 0 saturated carbocycles. The molecule has 12 nitrogen and oxygen atoms in total. The number of nitrogens with two attached hydrogens (primary N) is 1. The van der Waals surface area contributed by atoms with E-state index in [1.807, 2.05) is 18.2 Å². The number of nitrogens with one attached hydrogen (secondary N) is 3. The van der Waals surface area contributed by atoms with Crippen LogP contribution in [0.5, 0.6) is 0 Å². The fraction of sp³-hybridized carbons (Fsp3) is 0.458. The van der Waals surface area contributed by atoms with Crippen LogP contribution in [0.4, 0.5) is 0 Å². The van der Waals surface area contributed by atoms with Crippen LogP contribution >= 0.6 is 0 Å². The molecule has 3 rings (SSSR count). The van der Waals surface area contributed by atoms with Gasteiger partial charge < -0.3 is 36.5 Å². The van der Waals surface area contributed by atoms with Gasteiger partial charge in [-0.15, -0.1) is 0 Å². The fourth-order valence-corrected chi connectivity index (χ4v) is 4.12. The maximum absolute atomic E-state index is 13.6. The second kappa shape index (κ2) is 12.3. The smallest absolute Gasteiger partial charge is 0.326 e. The number of carbonyl (C=O) groups excluding carboxylic acids is 3. The number of carbonyl (C=O) groups is 4. The molecule has 12 heteroatoms. The molecule has 0 aliphatic carbocycles. The molecule has 5 atom stereocenters. The molecule has 5 unspecified atom stereocenters. The van der Waals surface area contributed by atoms with Gasteiger partial charge in [0.2, 0.25) is 17.7 Å². The van der Waals surface area contributed by atoms with Crippen LogP contribution in [0.3, 0.4) is 0 Å². The van der Waals surface area contributed by atoms with E-state index in [1.54, 1.807) is 12.1 Å². The number of hydrogen-bond donors (Lipinski definition) is 6. The van der Waals surface area contributed by atoms with Crippen molar-refractivity contribution in [3.05, 3.63) is 54.1 Å². The summed E-state index contributed by atoms with van der Waals surface area (Å²) in [5.41, 5.74) is 7.08. The summed E-state index contributed by atoms with van der Waals surface area (Å²) in [6, 6.07) is 4.69. The Morgan fingerprint density at radius 3 is 2.50 bits per heavy atom. The molecule has 7 N–H and O–H groups in total. The van der Waals surface area contributed by atoms with E-state index in [9.17, 15) is 29.4 Å². The molecule has 0 radical (unpaired) electrons. The second-order valence-electron chi connectivity index (χ2n) is 8.89. The first-order valence-electron chi connectivity index (χ1n) is 11.8. The number of nitrogens with zero attached hydrogens (tertiary/aromatic N) is 2. The number of aliphatic carboxylic acids is 1. The Kier molecular flexibility index (Phi) is 9.14. The first-order chi connectivity index (χ1) is 17.2. The Labute approximate surface area is 208 Å². The van der Waals surface area contributed by atoms with E-state index in [1.165, 1.54) is 24.3 Å². The van der Waals surface area contributed by atoms with Crippen LogP contribution in [0.25, 0.3) is 0 Å². The van der Waals surface area contributed by atoms with Gasteiger partial charge in [0.05, 0.1) is 12.4 Å². The Balaban J connectivity index is 1.75. The summed E-state index contributed by atoms with van der Waals surface area (Å²) in [4.78, 5) is 59.0. The molecule has 1 aromatic carbocycles. The second-order valence-corrected chi connectivity index (χ2v) is 8.89. The van der Waals surface area contributed by atoms with Crippen molar-refractivity contribution in [2.45, 2.75) is 62.9 Å². The molecular weight excluding hydrogens is 468 g/mol. The summed E-state index contributed by atoms with van der Waals surface area (Å²) in [6.45, 7) is 1.65. The molecule has 36 heavy (non-hydrogen) atoms. The van der Waals surface area contributed by atoms with Crippen LogP contribution < -0.4 is 16.4 Å². The number of rotatable bonds is 11. The average molecular weight is 501 g/mol. The number of aromatic amines is 1. The van der Waals surface area contributed by atoms with Crippen molar-refractivity contribution in [2.24, 2.45) is 5.73 Å². The quantitative estimate of drug-likeness (QED) is 0.225. The number of benzene rings is 1. The lowest BCUT2D eigenvalue weighted by molar-refractivity contribution is -0.145. The molecule has 2 aromatic rings. The summed E-state index contributed by atoms with van der Waals surface area (Å²) in [5, 5.41) is 24.4. The number of imidazole rings is 1. The van der Waals surface area contributed by atoms with Gasteiger partial charge in [-0.1, -0.05) is 30.3 Å². The summed E-state index contributed by atoms with van der Waals surface area (Å²) in [6.07, 6.45) is 2.83. The number of H-pyrrole nitrogens is 1. The lowest BCUT2D eigenvalue weighted by Crippen LogP contribution is -2.58. The third-order valence-electron chi connectivity index (χ3n) is 6.15. The van der Waals surface area contributed by atoms with Crippen molar-refractivity contribution < 1.29 is 29.4 Å². The van der Waals surface area contributed by atoms with Gasteiger partial charge in [-0.05, 0) is 25.3 Å². The van der Waals surface area contributed by atoms with Crippen LogP contribution in [0.15, 0.2) is 42.9 Å². The van der Waals surface area contributed by atoms with Gasteiger partial charge in [-0.25, -0.2) is 9.78 Å². The predicted molar refractivity (Wildman–Crippen MR) is 128 cm³/mol. The number of likely N-dealkylation sites (tertiary alicyclic amines) is 1. The van der Waals surface area contributed by atoms with Crippen LogP contribution in [0.2, 0.25) is 0 Å².